The lowest BCUT2D eigenvalue weighted by atomic mass is 10.4. The van der Waals surface area contributed by atoms with E-state index in [9.17, 15) is 4.79 Å². The Kier molecular flexibility index (Phi) is 7.65. The number of rotatable bonds is 6. The van der Waals surface area contributed by atoms with E-state index < -0.39 is 6.09 Å². The van der Waals surface area contributed by atoms with Gasteiger partial charge in [-0.3, -0.25) is 0 Å². The Hall–Kier alpha value is -1.08. The van der Waals surface area contributed by atoms with Crippen molar-refractivity contribution in [1.82, 2.24) is 10.6 Å². The average Bonchev–Trinajstić information content (AvgIpc) is 2.12. The van der Waals surface area contributed by atoms with Crippen molar-refractivity contribution in [3.05, 3.63) is 0 Å². The summed E-state index contributed by atoms with van der Waals surface area (Å²) < 4.78 is 9.43. The monoisotopic (exact) mass is 235 g/mol. The van der Waals surface area contributed by atoms with Crippen LogP contribution in [0, 0.1) is 0 Å². The molecule has 0 fully saturated rings. The molecule has 0 heterocycles. The molecular weight excluding hydrogens is 218 g/mol. The molecule has 0 spiro atoms. The van der Waals surface area contributed by atoms with Crippen molar-refractivity contribution in [2.45, 2.75) is 13.0 Å². The molecule has 0 rings (SSSR count). The summed E-state index contributed by atoms with van der Waals surface area (Å²) in [6.07, 6.45) is -0.788. The smallest absolute Gasteiger partial charge is 0.404 e. The van der Waals surface area contributed by atoms with Gasteiger partial charge in [0.2, 0.25) is 0 Å². The Bertz CT molecular complexity index is 213. The standard InChI is InChI=1S/C8H17N3O3S/c1-6(5-13-2)11-8(15)10-3-4-14-7(9)12/h6H,3-5H2,1-2H3,(H2,9,12)(H2,10,11,15). The molecule has 1 unspecified atom stereocenters. The van der Waals surface area contributed by atoms with E-state index in [1.807, 2.05) is 6.92 Å². The van der Waals surface area contributed by atoms with Gasteiger partial charge in [-0.15, -0.1) is 0 Å². The van der Waals surface area contributed by atoms with Gasteiger partial charge < -0.3 is 25.8 Å². The summed E-state index contributed by atoms with van der Waals surface area (Å²) in [5.41, 5.74) is 4.78. The van der Waals surface area contributed by atoms with Gasteiger partial charge in [0.05, 0.1) is 13.2 Å². The van der Waals surface area contributed by atoms with Crippen LogP contribution < -0.4 is 16.4 Å². The Balaban J connectivity index is 3.44. The molecule has 0 aromatic heterocycles. The Morgan fingerprint density at radius 1 is 1.60 bits per heavy atom. The number of carbonyl (C=O) groups is 1. The summed E-state index contributed by atoms with van der Waals surface area (Å²) in [4.78, 5) is 10.2. The van der Waals surface area contributed by atoms with Gasteiger partial charge in [-0.05, 0) is 19.1 Å². The Labute approximate surface area is 94.5 Å². The summed E-state index contributed by atoms with van der Waals surface area (Å²) >= 11 is 4.97. The number of nitrogens with two attached hydrogens (primary N) is 1. The molecule has 15 heavy (non-hydrogen) atoms. The predicted molar refractivity (Wildman–Crippen MR) is 60.6 cm³/mol. The quantitative estimate of drug-likeness (QED) is 0.428. The molecule has 0 aliphatic heterocycles. The van der Waals surface area contributed by atoms with Crippen LogP contribution in [0.3, 0.4) is 0 Å². The lowest BCUT2D eigenvalue weighted by Gasteiger charge is -2.15. The maximum absolute atomic E-state index is 10.2. The third-order valence-corrected chi connectivity index (χ3v) is 1.69. The molecule has 6 nitrogen and oxygen atoms in total. The van der Waals surface area contributed by atoms with Crippen molar-refractivity contribution < 1.29 is 14.3 Å². The van der Waals surface area contributed by atoms with Crippen LogP contribution >= 0.6 is 12.2 Å². The highest BCUT2D eigenvalue weighted by atomic mass is 32.1. The molecule has 88 valence electrons. The molecule has 7 heteroatoms. The largest absolute Gasteiger partial charge is 0.448 e. The number of nitrogens with one attached hydrogen (secondary N) is 2. The van der Waals surface area contributed by atoms with Gasteiger partial charge >= 0.3 is 6.09 Å². The normalized spacial score (nSPS) is 11.6. The number of hydrogen-bond acceptors (Lipinski definition) is 4. The summed E-state index contributed by atoms with van der Waals surface area (Å²) in [7, 11) is 1.62. The molecule has 1 atom stereocenters. The Morgan fingerprint density at radius 3 is 2.80 bits per heavy atom. The van der Waals surface area contributed by atoms with Crippen LogP contribution in [-0.4, -0.2) is 44.1 Å². The lowest BCUT2D eigenvalue weighted by Crippen LogP contribution is -2.43. The minimum Gasteiger partial charge on any atom is -0.448 e. The topological polar surface area (TPSA) is 85.6 Å². The van der Waals surface area contributed by atoms with Crippen molar-refractivity contribution in [3.63, 3.8) is 0 Å². The molecule has 0 saturated carbocycles. The fourth-order valence-corrected chi connectivity index (χ4v) is 1.19. The van der Waals surface area contributed by atoms with Crippen molar-refractivity contribution >= 4 is 23.4 Å². The van der Waals surface area contributed by atoms with E-state index in [-0.39, 0.29) is 12.6 Å². The van der Waals surface area contributed by atoms with Crippen LogP contribution in [0.2, 0.25) is 0 Å². The fraction of sp³-hybridized carbons (Fsp3) is 0.750. The van der Waals surface area contributed by atoms with Crippen LogP contribution in [0.4, 0.5) is 4.79 Å². The van der Waals surface area contributed by atoms with Crippen molar-refractivity contribution in [2.75, 3.05) is 26.9 Å². The van der Waals surface area contributed by atoms with Gasteiger partial charge in [-0.2, -0.15) is 0 Å². The number of carbonyl (C=O) groups excluding carboxylic acids is 1. The molecule has 0 bridgehead atoms. The van der Waals surface area contributed by atoms with E-state index in [0.29, 0.717) is 18.3 Å². The Morgan fingerprint density at radius 2 is 2.27 bits per heavy atom. The van der Waals surface area contributed by atoms with E-state index in [1.54, 1.807) is 7.11 Å². The molecular formula is C8H17N3O3S. The third-order valence-electron chi connectivity index (χ3n) is 1.43. The summed E-state index contributed by atoms with van der Waals surface area (Å²) in [5, 5.41) is 6.35. The number of ether oxygens (including phenoxy) is 2. The average molecular weight is 235 g/mol. The van der Waals surface area contributed by atoms with Crippen molar-refractivity contribution in [2.24, 2.45) is 5.73 Å². The number of thiocarbonyl (C=S) groups is 1. The summed E-state index contributed by atoms with van der Waals surface area (Å²) in [5.74, 6) is 0. The highest BCUT2D eigenvalue weighted by Crippen LogP contribution is 1.82. The van der Waals surface area contributed by atoms with E-state index in [4.69, 9.17) is 22.7 Å². The second kappa shape index (κ2) is 8.25. The van der Waals surface area contributed by atoms with E-state index in [1.165, 1.54) is 0 Å². The third kappa shape index (κ3) is 9.23. The number of primary amides is 1. The molecule has 4 N–H and O–H groups in total. The van der Waals surface area contributed by atoms with Gasteiger partial charge in [0, 0.05) is 13.2 Å². The SMILES string of the molecule is COCC(C)NC(=S)NCCOC(N)=O. The number of amides is 1. The molecule has 0 radical (unpaired) electrons. The van der Waals surface area contributed by atoms with Gasteiger partial charge in [0.1, 0.15) is 6.61 Å². The first-order valence-corrected chi connectivity index (χ1v) is 4.92. The maximum atomic E-state index is 10.2. The van der Waals surface area contributed by atoms with Gasteiger partial charge in [-0.25, -0.2) is 4.79 Å². The van der Waals surface area contributed by atoms with E-state index in [2.05, 4.69) is 15.4 Å². The second-order valence-corrected chi connectivity index (χ2v) is 3.33. The van der Waals surface area contributed by atoms with Crippen LogP contribution in [0.1, 0.15) is 6.92 Å². The zero-order valence-electron chi connectivity index (χ0n) is 8.91. The molecule has 0 aliphatic carbocycles. The molecule has 0 saturated heterocycles. The second-order valence-electron chi connectivity index (χ2n) is 2.92. The molecule has 1 amide bonds. The molecule has 0 aromatic carbocycles. The van der Waals surface area contributed by atoms with Gasteiger partial charge in [-0.1, -0.05) is 0 Å². The van der Waals surface area contributed by atoms with Gasteiger partial charge in [0.15, 0.2) is 5.11 Å². The zero-order valence-corrected chi connectivity index (χ0v) is 9.73. The van der Waals surface area contributed by atoms with Gasteiger partial charge in [0.25, 0.3) is 0 Å². The predicted octanol–water partition coefficient (Wildman–Crippen LogP) is -0.419. The maximum Gasteiger partial charge on any atom is 0.404 e. The lowest BCUT2D eigenvalue weighted by molar-refractivity contribution is 0.158. The van der Waals surface area contributed by atoms with E-state index >= 15 is 0 Å². The van der Waals surface area contributed by atoms with Crippen LogP contribution in [0.5, 0.6) is 0 Å². The highest BCUT2D eigenvalue weighted by molar-refractivity contribution is 7.80. The molecule has 0 aromatic rings. The van der Waals surface area contributed by atoms with E-state index in [0.717, 1.165) is 0 Å². The zero-order chi connectivity index (χ0) is 11.7. The highest BCUT2D eigenvalue weighted by Gasteiger charge is 2.02. The first-order valence-electron chi connectivity index (χ1n) is 4.51. The molecule has 0 aliphatic rings. The minimum absolute atomic E-state index is 0.132. The summed E-state index contributed by atoms with van der Waals surface area (Å²) in [6, 6.07) is 0.132. The minimum atomic E-state index is -0.788. The van der Waals surface area contributed by atoms with Crippen LogP contribution in [-0.2, 0) is 9.47 Å². The fourth-order valence-electron chi connectivity index (χ4n) is 0.883. The first kappa shape index (κ1) is 13.9. The number of methoxy groups -OCH3 is 1. The van der Waals surface area contributed by atoms with Crippen LogP contribution in [0.25, 0.3) is 0 Å². The van der Waals surface area contributed by atoms with Crippen LogP contribution in [0.15, 0.2) is 0 Å². The van der Waals surface area contributed by atoms with Crippen molar-refractivity contribution in [1.29, 1.82) is 0 Å². The number of hydrogen-bond donors (Lipinski definition) is 3. The van der Waals surface area contributed by atoms with Crippen molar-refractivity contribution in [3.8, 4) is 0 Å². The first-order chi connectivity index (χ1) is 7.06. The summed E-state index contributed by atoms with van der Waals surface area (Å²) in [6.45, 7) is 3.13.